The number of nitrogens with one attached hydrogen (secondary N) is 1. The zero-order valence-electron chi connectivity index (χ0n) is 17.8. The largest absolute Gasteiger partial charge is 0.493 e. The van der Waals surface area contributed by atoms with Crippen molar-refractivity contribution in [2.75, 3.05) is 24.7 Å². The van der Waals surface area contributed by atoms with Crippen molar-refractivity contribution >= 4 is 27.7 Å². The summed E-state index contributed by atoms with van der Waals surface area (Å²) >= 11 is 0. The fraction of sp³-hybridized carbons (Fsp3) is 0.591. The van der Waals surface area contributed by atoms with Gasteiger partial charge in [0, 0.05) is 24.1 Å². The van der Waals surface area contributed by atoms with Crippen LogP contribution in [0.1, 0.15) is 44.1 Å². The average Bonchev–Trinajstić information content (AvgIpc) is 3.46. The molecule has 1 aromatic carbocycles. The maximum absolute atomic E-state index is 13.5. The molecule has 0 radical (unpaired) electrons. The molecular formula is C22H27N3O6S. The van der Waals surface area contributed by atoms with Crippen molar-refractivity contribution in [2.24, 2.45) is 0 Å². The van der Waals surface area contributed by atoms with E-state index in [1.165, 1.54) is 0 Å². The lowest BCUT2D eigenvalue weighted by molar-refractivity contribution is -0.142. The second-order valence-electron chi connectivity index (χ2n) is 9.12. The maximum Gasteiger partial charge on any atom is 0.325 e. The monoisotopic (exact) mass is 461 g/mol. The van der Waals surface area contributed by atoms with Crippen LogP contribution in [0.15, 0.2) is 24.3 Å². The van der Waals surface area contributed by atoms with Gasteiger partial charge in [0.15, 0.2) is 15.4 Å². The molecule has 3 fully saturated rings. The van der Waals surface area contributed by atoms with Gasteiger partial charge in [-0.25, -0.2) is 13.2 Å². The van der Waals surface area contributed by atoms with Crippen molar-refractivity contribution in [1.29, 1.82) is 0 Å². The van der Waals surface area contributed by atoms with E-state index in [4.69, 9.17) is 4.74 Å². The number of carbonyl (C=O) groups excluding carboxylic acids is 3. The van der Waals surface area contributed by atoms with Crippen LogP contribution in [0.3, 0.4) is 0 Å². The number of imide groups is 1. The Kier molecular flexibility index (Phi) is 5.15. The molecule has 1 saturated carbocycles. The minimum Gasteiger partial charge on any atom is -0.493 e. The van der Waals surface area contributed by atoms with Gasteiger partial charge in [-0.3, -0.25) is 14.5 Å². The van der Waals surface area contributed by atoms with Crippen molar-refractivity contribution in [3.63, 3.8) is 0 Å². The van der Waals surface area contributed by atoms with E-state index in [0.717, 1.165) is 30.6 Å². The molecule has 2 atom stereocenters. The molecule has 5 rings (SSSR count). The molecule has 2 saturated heterocycles. The summed E-state index contributed by atoms with van der Waals surface area (Å²) in [5.41, 5.74) is -0.643. The number of carbonyl (C=O) groups is 3. The van der Waals surface area contributed by atoms with Crippen molar-refractivity contribution in [3.8, 4) is 5.75 Å². The summed E-state index contributed by atoms with van der Waals surface area (Å²) in [5, 5.41) is 2.81. The Bertz CT molecular complexity index is 1070. The number of nitrogens with zero attached hydrogens (tertiary/aromatic N) is 2. The maximum atomic E-state index is 13.5. The first kappa shape index (κ1) is 21.2. The summed E-state index contributed by atoms with van der Waals surface area (Å²) in [5.74, 6) is -0.262. The first-order valence-corrected chi connectivity index (χ1v) is 13.0. The molecule has 0 unspecified atom stereocenters. The molecule has 32 heavy (non-hydrogen) atoms. The Labute approximate surface area is 187 Å². The van der Waals surface area contributed by atoms with Crippen molar-refractivity contribution in [3.05, 3.63) is 29.8 Å². The van der Waals surface area contributed by atoms with Crippen molar-refractivity contribution < 1.29 is 27.5 Å². The van der Waals surface area contributed by atoms with Gasteiger partial charge < -0.3 is 15.0 Å². The number of sulfone groups is 1. The van der Waals surface area contributed by atoms with E-state index >= 15 is 0 Å². The normalized spacial score (nSPS) is 29.1. The molecule has 4 aliphatic rings. The van der Waals surface area contributed by atoms with Crippen LogP contribution >= 0.6 is 0 Å². The number of hydrogen-bond donors (Lipinski definition) is 1. The van der Waals surface area contributed by atoms with Gasteiger partial charge in [0.25, 0.3) is 5.91 Å². The SMILES string of the molecule is O=C1N[C@]2(CCOc3ccccc32)C(=O)N1CC(=O)N(C1CCCC1)[C@H]1CCS(=O)(=O)C1. The highest BCUT2D eigenvalue weighted by molar-refractivity contribution is 7.91. The van der Waals surface area contributed by atoms with E-state index in [2.05, 4.69) is 5.32 Å². The second-order valence-corrected chi connectivity index (χ2v) is 11.3. The zero-order chi connectivity index (χ0) is 22.5. The quantitative estimate of drug-likeness (QED) is 0.674. The van der Waals surface area contributed by atoms with E-state index in [1.54, 1.807) is 29.2 Å². The third-order valence-electron chi connectivity index (χ3n) is 7.16. The Morgan fingerprint density at radius 3 is 2.62 bits per heavy atom. The molecule has 3 aliphatic heterocycles. The minimum absolute atomic E-state index is 0.0423. The zero-order valence-corrected chi connectivity index (χ0v) is 18.6. The average molecular weight is 462 g/mol. The molecule has 0 bridgehead atoms. The highest BCUT2D eigenvalue weighted by atomic mass is 32.2. The molecule has 10 heteroatoms. The number of ether oxygens (including phenoxy) is 1. The van der Waals surface area contributed by atoms with Crippen LogP contribution in [0.4, 0.5) is 4.79 Å². The van der Waals surface area contributed by atoms with Crippen LogP contribution in [0, 0.1) is 0 Å². The van der Waals surface area contributed by atoms with E-state index in [9.17, 15) is 22.8 Å². The first-order chi connectivity index (χ1) is 15.3. The topological polar surface area (TPSA) is 113 Å². The van der Waals surface area contributed by atoms with E-state index in [0.29, 0.717) is 17.7 Å². The summed E-state index contributed by atoms with van der Waals surface area (Å²) in [7, 11) is -3.18. The number of fused-ring (bicyclic) bond motifs is 2. The summed E-state index contributed by atoms with van der Waals surface area (Å²) < 4.78 is 29.8. The predicted octanol–water partition coefficient (Wildman–Crippen LogP) is 1.17. The Morgan fingerprint density at radius 1 is 1.16 bits per heavy atom. The Hall–Kier alpha value is -2.62. The summed E-state index contributed by atoms with van der Waals surface area (Å²) in [4.78, 5) is 42.4. The van der Waals surface area contributed by atoms with Crippen LogP contribution in [0.5, 0.6) is 5.75 Å². The van der Waals surface area contributed by atoms with E-state index < -0.39 is 33.4 Å². The molecule has 3 heterocycles. The molecular weight excluding hydrogens is 434 g/mol. The van der Waals surface area contributed by atoms with Crippen LogP contribution in [-0.2, 0) is 25.0 Å². The molecule has 1 aromatic rings. The van der Waals surface area contributed by atoms with Gasteiger partial charge in [0.05, 0.1) is 18.1 Å². The van der Waals surface area contributed by atoms with Gasteiger partial charge in [-0.1, -0.05) is 31.0 Å². The number of benzene rings is 1. The fourth-order valence-corrected chi connectivity index (χ4v) is 7.33. The fourth-order valence-electron chi connectivity index (χ4n) is 5.62. The third kappa shape index (κ3) is 3.44. The third-order valence-corrected chi connectivity index (χ3v) is 8.91. The lowest BCUT2D eigenvalue weighted by Gasteiger charge is -2.35. The van der Waals surface area contributed by atoms with E-state index in [-0.39, 0.29) is 43.0 Å². The van der Waals surface area contributed by atoms with Gasteiger partial charge in [-0.15, -0.1) is 0 Å². The molecule has 1 aliphatic carbocycles. The molecule has 1 N–H and O–H groups in total. The van der Waals surface area contributed by atoms with Crippen LogP contribution in [-0.4, -0.2) is 72.8 Å². The molecule has 1 spiro atoms. The lowest BCUT2D eigenvalue weighted by atomic mass is 9.84. The van der Waals surface area contributed by atoms with Crippen LogP contribution in [0.25, 0.3) is 0 Å². The summed E-state index contributed by atoms with van der Waals surface area (Å²) in [6.07, 6.45) is 4.29. The smallest absolute Gasteiger partial charge is 0.325 e. The molecule has 0 aromatic heterocycles. The van der Waals surface area contributed by atoms with Crippen LogP contribution < -0.4 is 10.1 Å². The molecule has 172 valence electrons. The van der Waals surface area contributed by atoms with Crippen LogP contribution in [0.2, 0.25) is 0 Å². The number of hydrogen-bond acceptors (Lipinski definition) is 6. The van der Waals surface area contributed by atoms with Crippen molar-refractivity contribution in [1.82, 2.24) is 15.1 Å². The number of urea groups is 1. The standard InChI is InChI=1S/C22H27N3O6S/c26-19(25(15-5-1-2-6-15)16-9-12-32(29,30)14-16)13-24-20(27)22(23-21(24)28)10-11-31-18-8-4-3-7-17(18)22/h3-4,7-8,15-16H,1-2,5-6,9-14H2,(H,23,28)/t16-,22-/m0/s1. The number of amides is 4. The van der Waals surface area contributed by atoms with Gasteiger partial charge >= 0.3 is 6.03 Å². The van der Waals surface area contributed by atoms with Gasteiger partial charge in [-0.2, -0.15) is 0 Å². The number of rotatable bonds is 4. The lowest BCUT2D eigenvalue weighted by Crippen LogP contribution is -2.52. The van der Waals surface area contributed by atoms with Gasteiger partial charge in [0.1, 0.15) is 12.3 Å². The highest BCUT2D eigenvalue weighted by Gasteiger charge is 2.55. The predicted molar refractivity (Wildman–Crippen MR) is 115 cm³/mol. The van der Waals surface area contributed by atoms with Crippen molar-refractivity contribution in [2.45, 2.75) is 56.1 Å². The Balaban J connectivity index is 1.40. The highest BCUT2D eigenvalue weighted by Crippen LogP contribution is 2.41. The molecule has 4 amide bonds. The van der Waals surface area contributed by atoms with E-state index in [1.807, 2.05) is 0 Å². The van der Waals surface area contributed by atoms with Gasteiger partial charge in [-0.05, 0) is 25.3 Å². The first-order valence-electron chi connectivity index (χ1n) is 11.2. The Morgan fingerprint density at radius 2 is 1.91 bits per heavy atom. The summed E-state index contributed by atoms with van der Waals surface area (Å²) in [6.45, 7) is -0.110. The minimum atomic E-state index is -3.18. The summed E-state index contributed by atoms with van der Waals surface area (Å²) in [6, 6.07) is 6.05. The number of para-hydroxylation sites is 1. The van der Waals surface area contributed by atoms with Gasteiger partial charge in [0.2, 0.25) is 5.91 Å². The molecule has 9 nitrogen and oxygen atoms in total. The second kappa shape index (κ2) is 7.75.